The molecule has 1 N–H and O–H groups in total. The second-order valence-corrected chi connectivity index (χ2v) is 5.89. The maximum atomic E-state index is 11.6. The van der Waals surface area contributed by atoms with Crippen LogP contribution in [0.3, 0.4) is 0 Å². The van der Waals surface area contributed by atoms with E-state index in [2.05, 4.69) is 29.1 Å². The summed E-state index contributed by atoms with van der Waals surface area (Å²) in [5, 5.41) is 3.16. The second kappa shape index (κ2) is 4.85. The average Bonchev–Trinajstić information content (AvgIpc) is 2.81. The maximum absolute atomic E-state index is 11.6. The number of benzene rings is 1. The van der Waals surface area contributed by atoms with Crippen molar-refractivity contribution in [2.45, 2.75) is 38.6 Å². The van der Waals surface area contributed by atoms with Crippen LogP contribution in [0.1, 0.15) is 32.4 Å². The molecule has 2 aromatic rings. The standard InChI is InChI=1S/C16H19N3O/c1-11(2)16(8-7-15(20)19-16)9-12-10-17-13-5-3-4-6-14(13)18-12/h3-6,10-11H,7-9H2,1-2H3,(H,19,20). The summed E-state index contributed by atoms with van der Waals surface area (Å²) in [5.74, 6) is 0.523. The second-order valence-electron chi connectivity index (χ2n) is 5.89. The zero-order valence-electron chi connectivity index (χ0n) is 11.9. The van der Waals surface area contributed by atoms with E-state index in [1.54, 1.807) is 0 Å². The van der Waals surface area contributed by atoms with Gasteiger partial charge < -0.3 is 5.32 Å². The summed E-state index contributed by atoms with van der Waals surface area (Å²) < 4.78 is 0. The van der Waals surface area contributed by atoms with Gasteiger partial charge in [0.1, 0.15) is 0 Å². The molecule has 1 fully saturated rings. The minimum atomic E-state index is -0.172. The van der Waals surface area contributed by atoms with Gasteiger partial charge in [-0.05, 0) is 24.5 Å². The van der Waals surface area contributed by atoms with E-state index in [1.165, 1.54) is 0 Å². The smallest absolute Gasteiger partial charge is 0.220 e. The fraction of sp³-hybridized carbons (Fsp3) is 0.438. The number of amides is 1. The molecule has 104 valence electrons. The van der Waals surface area contributed by atoms with Crippen LogP contribution in [0.25, 0.3) is 11.0 Å². The summed E-state index contributed by atoms with van der Waals surface area (Å²) in [7, 11) is 0. The van der Waals surface area contributed by atoms with Crippen molar-refractivity contribution in [1.29, 1.82) is 0 Å². The molecular formula is C16H19N3O. The van der Waals surface area contributed by atoms with Gasteiger partial charge >= 0.3 is 0 Å². The van der Waals surface area contributed by atoms with Crippen LogP contribution >= 0.6 is 0 Å². The molecule has 0 saturated carbocycles. The first-order chi connectivity index (χ1) is 9.59. The Morgan fingerprint density at radius 1 is 1.30 bits per heavy atom. The van der Waals surface area contributed by atoms with Gasteiger partial charge in [0.15, 0.2) is 0 Å². The zero-order chi connectivity index (χ0) is 14.2. The fourth-order valence-electron chi connectivity index (χ4n) is 2.91. The highest BCUT2D eigenvalue weighted by Gasteiger charge is 2.40. The molecule has 4 nitrogen and oxygen atoms in total. The Morgan fingerprint density at radius 3 is 2.70 bits per heavy atom. The Hall–Kier alpha value is -1.97. The molecule has 0 radical (unpaired) electrons. The van der Waals surface area contributed by atoms with Gasteiger partial charge in [-0.1, -0.05) is 26.0 Å². The lowest BCUT2D eigenvalue weighted by Gasteiger charge is -2.33. The van der Waals surface area contributed by atoms with Crippen molar-refractivity contribution in [3.63, 3.8) is 0 Å². The fourth-order valence-corrected chi connectivity index (χ4v) is 2.91. The molecular weight excluding hydrogens is 250 g/mol. The number of carbonyl (C=O) groups excluding carboxylic acids is 1. The van der Waals surface area contributed by atoms with Gasteiger partial charge in [-0.2, -0.15) is 0 Å². The van der Waals surface area contributed by atoms with Crippen molar-refractivity contribution >= 4 is 16.9 Å². The minimum absolute atomic E-state index is 0.146. The van der Waals surface area contributed by atoms with E-state index in [9.17, 15) is 4.79 Å². The largest absolute Gasteiger partial charge is 0.350 e. The monoisotopic (exact) mass is 269 g/mol. The van der Waals surface area contributed by atoms with Crippen molar-refractivity contribution in [2.75, 3.05) is 0 Å². The summed E-state index contributed by atoms with van der Waals surface area (Å²) in [6, 6.07) is 7.86. The molecule has 1 amide bonds. The van der Waals surface area contributed by atoms with Crippen LogP contribution in [-0.2, 0) is 11.2 Å². The topological polar surface area (TPSA) is 54.9 Å². The third-order valence-electron chi connectivity index (χ3n) is 4.29. The molecule has 20 heavy (non-hydrogen) atoms. The molecule has 1 atom stereocenters. The number of carbonyl (C=O) groups is 1. The first-order valence-electron chi connectivity index (χ1n) is 7.11. The SMILES string of the molecule is CC(C)C1(Cc2cnc3ccccc3n2)CCC(=O)N1. The van der Waals surface area contributed by atoms with Crippen LogP contribution < -0.4 is 5.32 Å². The Balaban J connectivity index is 1.93. The molecule has 1 aliphatic heterocycles. The van der Waals surface area contributed by atoms with Crippen LogP contribution in [-0.4, -0.2) is 21.4 Å². The lowest BCUT2D eigenvalue weighted by atomic mass is 9.81. The van der Waals surface area contributed by atoms with Crippen LogP contribution in [0.5, 0.6) is 0 Å². The third kappa shape index (κ3) is 2.26. The Bertz CT molecular complexity index is 653. The van der Waals surface area contributed by atoms with Crippen molar-refractivity contribution in [1.82, 2.24) is 15.3 Å². The molecule has 1 saturated heterocycles. The molecule has 1 aromatic heterocycles. The molecule has 0 spiro atoms. The number of fused-ring (bicyclic) bond motifs is 1. The van der Waals surface area contributed by atoms with Gasteiger partial charge in [0.2, 0.25) is 5.91 Å². The van der Waals surface area contributed by atoms with Gasteiger partial charge in [-0.25, -0.2) is 4.98 Å². The van der Waals surface area contributed by atoms with Crippen LogP contribution in [0.15, 0.2) is 30.5 Å². The van der Waals surface area contributed by atoms with Crippen LogP contribution in [0.2, 0.25) is 0 Å². The lowest BCUT2D eigenvalue weighted by Crippen LogP contribution is -2.48. The average molecular weight is 269 g/mol. The molecule has 1 aromatic carbocycles. The van der Waals surface area contributed by atoms with Crippen LogP contribution in [0, 0.1) is 5.92 Å². The highest BCUT2D eigenvalue weighted by atomic mass is 16.2. The number of para-hydroxylation sites is 2. The predicted molar refractivity (Wildman–Crippen MR) is 78.2 cm³/mol. The van der Waals surface area contributed by atoms with Gasteiger partial charge in [-0.3, -0.25) is 9.78 Å². The molecule has 3 rings (SSSR count). The van der Waals surface area contributed by atoms with Gasteiger partial charge in [0.05, 0.1) is 16.7 Å². The summed E-state index contributed by atoms with van der Waals surface area (Å²) >= 11 is 0. The highest BCUT2D eigenvalue weighted by molar-refractivity contribution is 5.79. The lowest BCUT2D eigenvalue weighted by molar-refractivity contribution is -0.120. The molecule has 0 aliphatic carbocycles. The van der Waals surface area contributed by atoms with E-state index >= 15 is 0 Å². The zero-order valence-corrected chi connectivity index (χ0v) is 11.9. The van der Waals surface area contributed by atoms with Crippen molar-refractivity contribution < 1.29 is 4.79 Å². The first kappa shape index (κ1) is 13.0. The number of hydrogen-bond donors (Lipinski definition) is 1. The highest BCUT2D eigenvalue weighted by Crippen LogP contribution is 2.31. The molecule has 1 unspecified atom stereocenters. The van der Waals surface area contributed by atoms with Crippen LogP contribution in [0.4, 0.5) is 0 Å². The Labute approximate surface area is 118 Å². The van der Waals surface area contributed by atoms with Crippen molar-refractivity contribution in [3.8, 4) is 0 Å². The van der Waals surface area contributed by atoms with E-state index in [1.807, 2.05) is 30.5 Å². The summed E-state index contributed by atoms with van der Waals surface area (Å²) in [6.07, 6.45) is 4.06. The Morgan fingerprint density at radius 2 is 2.05 bits per heavy atom. The summed E-state index contributed by atoms with van der Waals surface area (Å²) in [4.78, 5) is 20.8. The van der Waals surface area contributed by atoms with E-state index in [4.69, 9.17) is 0 Å². The van der Waals surface area contributed by atoms with E-state index in [0.29, 0.717) is 12.3 Å². The molecule has 0 bridgehead atoms. The minimum Gasteiger partial charge on any atom is -0.350 e. The van der Waals surface area contributed by atoms with Gasteiger partial charge in [0, 0.05) is 24.6 Å². The molecule has 1 aliphatic rings. The molecule has 4 heteroatoms. The number of nitrogens with zero attached hydrogens (tertiary/aromatic N) is 2. The number of nitrogens with one attached hydrogen (secondary N) is 1. The molecule has 2 heterocycles. The van der Waals surface area contributed by atoms with E-state index in [-0.39, 0.29) is 11.4 Å². The number of rotatable bonds is 3. The summed E-state index contributed by atoms with van der Waals surface area (Å²) in [5.41, 5.74) is 2.59. The van der Waals surface area contributed by atoms with Crippen molar-refractivity contribution in [2.24, 2.45) is 5.92 Å². The van der Waals surface area contributed by atoms with Crippen molar-refractivity contribution in [3.05, 3.63) is 36.2 Å². The van der Waals surface area contributed by atoms with Gasteiger partial charge in [-0.15, -0.1) is 0 Å². The first-order valence-corrected chi connectivity index (χ1v) is 7.11. The normalized spacial score (nSPS) is 22.4. The summed E-state index contributed by atoms with van der Waals surface area (Å²) in [6.45, 7) is 4.31. The number of aromatic nitrogens is 2. The van der Waals surface area contributed by atoms with Gasteiger partial charge in [0.25, 0.3) is 0 Å². The van der Waals surface area contributed by atoms with E-state index in [0.717, 1.165) is 29.6 Å². The predicted octanol–water partition coefficient (Wildman–Crippen LogP) is 2.48. The third-order valence-corrected chi connectivity index (χ3v) is 4.29. The number of hydrogen-bond acceptors (Lipinski definition) is 3. The Kier molecular flexibility index (Phi) is 3.16. The quantitative estimate of drug-likeness (QED) is 0.931. The van der Waals surface area contributed by atoms with E-state index < -0.39 is 0 Å². The maximum Gasteiger partial charge on any atom is 0.220 e.